The van der Waals surface area contributed by atoms with E-state index in [1.807, 2.05) is 6.92 Å². The van der Waals surface area contributed by atoms with Crippen LogP contribution in [0, 0.1) is 5.92 Å². The molecule has 21 heavy (non-hydrogen) atoms. The highest BCUT2D eigenvalue weighted by Gasteiger charge is 2.27. The maximum Gasteiger partial charge on any atom is 0.241 e. The number of carbonyl (C=O) groups is 1. The lowest BCUT2D eigenvalue weighted by Gasteiger charge is -2.35. The zero-order valence-electron chi connectivity index (χ0n) is 12.2. The summed E-state index contributed by atoms with van der Waals surface area (Å²) < 4.78 is 0. The lowest BCUT2D eigenvalue weighted by molar-refractivity contribution is -0.121. The van der Waals surface area contributed by atoms with Gasteiger partial charge in [0.05, 0.1) is 16.8 Å². The summed E-state index contributed by atoms with van der Waals surface area (Å²) >= 11 is 6.07. The molecule has 1 aliphatic heterocycles. The molecular weight excluding hydrogens is 290 g/mol. The number of nitrogens with zero attached hydrogens (tertiary/aromatic N) is 1. The van der Waals surface area contributed by atoms with E-state index in [0.29, 0.717) is 16.4 Å². The molecule has 1 amide bonds. The first kappa shape index (κ1) is 16.1. The Morgan fingerprint density at radius 2 is 2.38 bits per heavy atom. The molecule has 6 heteroatoms. The topological polar surface area (TPSA) is 78.6 Å². The van der Waals surface area contributed by atoms with E-state index in [9.17, 15) is 9.90 Å². The van der Waals surface area contributed by atoms with Gasteiger partial charge in [-0.2, -0.15) is 0 Å². The zero-order valence-corrected chi connectivity index (χ0v) is 12.9. The summed E-state index contributed by atoms with van der Waals surface area (Å²) in [5.74, 6) is 0.161. The second-order valence-corrected chi connectivity index (χ2v) is 6.00. The number of piperidine rings is 1. The summed E-state index contributed by atoms with van der Waals surface area (Å²) in [5, 5.41) is 12.5. The van der Waals surface area contributed by atoms with Crippen LogP contribution < -0.4 is 11.1 Å². The van der Waals surface area contributed by atoms with Crippen molar-refractivity contribution in [2.45, 2.75) is 25.8 Å². The van der Waals surface area contributed by atoms with Gasteiger partial charge in [0.25, 0.3) is 0 Å². The Hall–Kier alpha value is -1.30. The first-order valence-electron chi connectivity index (χ1n) is 7.22. The molecule has 0 aromatic heterocycles. The zero-order chi connectivity index (χ0) is 15.4. The van der Waals surface area contributed by atoms with Crippen LogP contribution >= 0.6 is 11.6 Å². The minimum Gasteiger partial charge on any atom is -0.399 e. The normalized spacial score (nSPS) is 21.0. The minimum absolute atomic E-state index is 0.0970. The van der Waals surface area contributed by atoms with Gasteiger partial charge in [-0.1, -0.05) is 11.6 Å². The lowest BCUT2D eigenvalue weighted by atomic mass is 9.97. The molecule has 1 aliphatic rings. The molecule has 0 radical (unpaired) electrons. The molecule has 0 spiro atoms. The van der Waals surface area contributed by atoms with Crippen LogP contribution in [0.15, 0.2) is 18.2 Å². The van der Waals surface area contributed by atoms with Crippen LogP contribution in [-0.2, 0) is 4.79 Å². The van der Waals surface area contributed by atoms with Gasteiger partial charge in [-0.15, -0.1) is 0 Å². The fraction of sp³-hybridized carbons (Fsp3) is 0.533. The molecule has 1 aromatic rings. The van der Waals surface area contributed by atoms with Gasteiger partial charge in [0.15, 0.2) is 0 Å². The minimum atomic E-state index is -0.257. The van der Waals surface area contributed by atoms with Crippen LogP contribution in [-0.4, -0.2) is 41.7 Å². The molecule has 0 bridgehead atoms. The highest BCUT2D eigenvalue weighted by atomic mass is 35.5. The smallest absolute Gasteiger partial charge is 0.241 e. The van der Waals surface area contributed by atoms with Gasteiger partial charge >= 0.3 is 0 Å². The number of likely N-dealkylation sites (tertiary alicyclic amines) is 1. The van der Waals surface area contributed by atoms with E-state index in [4.69, 9.17) is 17.3 Å². The number of aliphatic hydroxyl groups is 1. The summed E-state index contributed by atoms with van der Waals surface area (Å²) in [7, 11) is 0. The van der Waals surface area contributed by atoms with Crippen molar-refractivity contribution in [2.24, 2.45) is 5.92 Å². The number of benzene rings is 1. The molecule has 1 saturated heterocycles. The number of anilines is 2. The van der Waals surface area contributed by atoms with Gasteiger partial charge in [-0.05, 0) is 50.4 Å². The van der Waals surface area contributed by atoms with E-state index in [-0.39, 0.29) is 24.5 Å². The van der Waals surface area contributed by atoms with Crippen molar-refractivity contribution in [1.29, 1.82) is 0 Å². The molecule has 5 nitrogen and oxygen atoms in total. The first-order chi connectivity index (χ1) is 10.0. The Labute approximate surface area is 130 Å². The Morgan fingerprint density at radius 3 is 3.05 bits per heavy atom. The SMILES string of the molecule is CC(C(=O)Nc1ccc(N)cc1Cl)N1CCCC(CO)C1. The summed E-state index contributed by atoms with van der Waals surface area (Å²) in [6.45, 7) is 3.68. The van der Waals surface area contributed by atoms with Crippen LogP contribution in [0.5, 0.6) is 0 Å². The number of aliphatic hydroxyl groups excluding tert-OH is 1. The van der Waals surface area contributed by atoms with Crippen LogP contribution in [0.3, 0.4) is 0 Å². The van der Waals surface area contributed by atoms with Crippen LogP contribution in [0.2, 0.25) is 5.02 Å². The first-order valence-corrected chi connectivity index (χ1v) is 7.60. The average Bonchev–Trinajstić information content (AvgIpc) is 2.49. The largest absolute Gasteiger partial charge is 0.399 e. The van der Waals surface area contributed by atoms with Crippen LogP contribution in [0.25, 0.3) is 0 Å². The van der Waals surface area contributed by atoms with Gasteiger partial charge in [-0.25, -0.2) is 0 Å². The quantitative estimate of drug-likeness (QED) is 0.743. The molecule has 1 fully saturated rings. The summed E-state index contributed by atoms with van der Waals surface area (Å²) in [6, 6.07) is 4.77. The third kappa shape index (κ3) is 4.09. The summed E-state index contributed by atoms with van der Waals surface area (Å²) in [6.07, 6.45) is 2.02. The monoisotopic (exact) mass is 311 g/mol. The number of halogens is 1. The van der Waals surface area contributed by atoms with Gasteiger partial charge in [0, 0.05) is 18.8 Å². The number of nitrogens with two attached hydrogens (primary N) is 1. The molecule has 2 unspecified atom stereocenters. The van der Waals surface area contributed by atoms with Crippen molar-refractivity contribution in [1.82, 2.24) is 4.90 Å². The van der Waals surface area contributed by atoms with Crippen molar-refractivity contribution in [3.8, 4) is 0 Å². The van der Waals surface area contributed by atoms with Crippen LogP contribution in [0.1, 0.15) is 19.8 Å². The summed E-state index contributed by atoms with van der Waals surface area (Å²) in [4.78, 5) is 14.4. The Bertz CT molecular complexity index is 510. The number of amides is 1. The Morgan fingerprint density at radius 1 is 1.62 bits per heavy atom. The molecule has 4 N–H and O–H groups in total. The van der Waals surface area contributed by atoms with E-state index >= 15 is 0 Å². The van der Waals surface area contributed by atoms with Gasteiger partial charge in [0.2, 0.25) is 5.91 Å². The Kier molecular flexibility index (Phi) is 5.45. The van der Waals surface area contributed by atoms with Crippen LogP contribution in [0.4, 0.5) is 11.4 Å². The Balaban J connectivity index is 1.99. The summed E-state index contributed by atoms with van der Waals surface area (Å²) in [5.41, 5.74) is 6.77. The third-order valence-electron chi connectivity index (χ3n) is 3.99. The van der Waals surface area contributed by atoms with E-state index in [0.717, 1.165) is 25.9 Å². The molecule has 1 heterocycles. The standard InChI is InChI=1S/C15H22ClN3O2/c1-10(19-6-2-3-11(8-19)9-20)15(21)18-14-5-4-12(17)7-13(14)16/h4-5,7,10-11,20H,2-3,6,8-9,17H2,1H3,(H,18,21). The van der Waals surface area contributed by atoms with Crippen molar-refractivity contribution >= 4 is 28.9 Å². The van der Waals surface area contributed by atoms with E-state index < -0.39 is 0 Å². The maximum atomic E-state index is 12.3. The second-order valence-electron chi connectivity index (χ2n) is 5.59. The maximum absolute atomic E-state index is 12.3. The number of nitrogens with one attached hydrogen (secondary N) is 1. The van der Waals surface area contributed by atoms with Crippen molar-refractivity contribution in [3.63, 3.8) is 0 Å². The van der Waals surface area contributed by atoms with E-state index in [1.165, 1.54) is 0 Å². The molecule has 2 atom stereocenters. The number of rotatable bonds is 4. The number of hydrogen-bond donors (Lipinski definition) is 3. The van der Waals surface area contributed by atoms with Crippen molar-refractivity contribution in [3.05, 3.63) is 23.2 Å². The van der Waals surface area contributed by atoms with Gasteiger partial charge in [-0.3, -0.25) is 9.69 Å². The molecule has 116 valence electrons. The molecule has 2 rings (SSSR count). The highest BCUT2D eigenvalue weighted by Crippen LogP contribution is 2.25. The third-order valence-corrected chi connectivity index (χ3v) is 4.30. The van der Waals surface area contributed by atoms with Gasteiger partial charge < -0.3 is 16.2 Å². The molecule has 0 aliphatic carbocycles. The average molecular weight is 312 g/mol. The molecule has 0 saturated carbocycles. The predicted molar refractivity (Wildman–Crippen MR) is 85.3 cm³/mol. The number of carbonyl (C=O) groups excluding carboxylic acids is 1. The highest BCUT2D eigenvalue weighted by molar-refractivity contribution is 6.34. The fourth-order valence-corrected chi connectivity index (χ4v) is 2.87. The number of nitrogen functional groups attached to an aromatic ring is 1. The van der Waals surface area contributed by atoms with Gasteiger partial charge in [0.1, 0.15) is 0 Å². The second kappa shape index (κ2) is 7.11. The fourth-order valence-electron chi connectivity index (χ4n) is 2.63. The lowest BCUT2D eigenvalue weighted by Crippen LogP contribution is -2.47. The van der Waals surface area contributed by atoms with E-state index in [1.54, 1.807) is 18.2 Å². The molecular formula is C15H22ClN3O2. The van der Waals surface area contributed by atoms with Crippen molar-refractivity contribution in [2.75, 3.05) is 30.7 Å². The van der Waals surface area contributed by atoms with E-state index in [2.05, 4.69) is 10.2 Å². The number of hydrogen-bond acceptors (Lipinski definition) is 4. The van der Waals surface area contributed by atoms with Crippen molar-refractivity contribution < 1.29 is 9.90 Å². The predicted octanol–water partition coefficient (Wildman–Crippen LogP) is 1.95. The molecule has 1 aromatic carbocycles.